The minimum absolute atomic E-state index is 0.0415. The molecule has 7 heteroatoms. The summed E-state index contributed by atoms with van der Waals surface area (Å²) in [7, 11) is -3.55. The number of anilines is 1. The third-order valence-corrected chi connectivity index (χ3v) is 6.65. The number of thiophene rings is 1. The Morgan fingerprint density at radius 2 is 1.79 bits per heavy atom. The van der Waals surface area contributed by atoms with E-state index in [1.807, 2.05) is 24.3 Å². The first-order chi connectivity index (χ1) is 11.4. The molecule has 0 N–H and O–H groups in total. The van der Waals surface area contributed by atoms with Gasteiger partial charge in [-0.3, -0.25) is 4.31 Å². The van der Waals surface area contributed by atoms with E-state index in [9.17, 15) is 17.2 Å². The molecule has 0 aliphatic carbocycles. The van der Waals surface area contributed by atoms with Gasteiger partial charge in [-0.15, -0.1) is 11.3 Å². The summed E-state index contributed by atoms with van der Waals surface area (Å²) in [4.78, 5) is 0. The summed E-state index contributed by atoms with van der Waals surface area (Å²) in [6.45, 7) is 1.51. The van der Waals surface area contributed by atoms with Gasteiger partial charge in [-0.05, 0) is 42.1 Å². The number of rotatable bonds is 5. The van der Waals surface area contributed by atoms with Crippen LogP contribution in [0.5, 0.6) is 0 Å². The zero-order valence-corrected chi connectivity index (χ0v) is 14.5. The number of hydrogen-bond donors (Lipinski definition) is 0. The van der Waals surface area contributed by atoms with E-state index >= 15 is 0 Å². The molecule has 2 aromatic carbocycles. The van der Waals surface area contributed by atoms with Gasteiger partial charge < -0.3 is 0 Å². The maximum absolute atomic E-state index is 13.4. The van der Waals surface area contributed by atoms with E-state index in [-0.39, 0.29) is 12.3 Å². The molecule has 0 aliphatic rings. The second kappa shape index (κ2) is 6.49. The van der Waals surface area contributed by atoms with Crippen molar-refractivity contribution in [3.63, 3.8) is 0 Å². The number of fused-ring (bicyclic) bond motifs is 1. The monoisotopic (exact) mass is 367 g/mol. The largest absolute Gasteiger partial charge is 0.257 e. The highest BCUT2D eigenvalue weighted by Gasteiger charge is 2.23. The molecule has 3 rings (SSSR count). The summed E-state index contributed by atoms with van der Waals surface area (Å²) >= 11 is 1.35. The highest BCUT2D eigenvalue weighted by Crippen LogP contribution is 2.35. The van der Waals surface area contributed by atoms with Crippen molar-refractivity contribution in [1.29, 1.82) is 0 Å². The van der Waals surface area contributed by atoms with Crippen LogP contribution in [0.25, 0.3) is 10.1 Å². The Labute approximate surface area is 143 Å². The van der Waals surface area contributed by atoms with E-state index in [0.717, 1.165) is 22.2 Å². The molecule has 0 atom stereocenters. The topological polar surface area (TPSA) is 37.4 Å². The van der Waals surface area contributed by atoms with Crippen molar-refractivity contribution in [2.75, 3.05) is 10.1 Å². The number of hydrogen-bond acceptors (Lipinski definition) is 3. The van der Waals surface area contributed by atoms with Gasteiger partial charge in [0, 0.05) is 4.70 Å². The summed E-state index contributed by atoms with van der Waals surface area (Å²) in [5.41, 5.74) is 0.392. The van der Waals surface area contributed by atoms with Crippen LogP contribution in [0, 0.1) is 11.6 Å². The number of halogens is 2. The molecular weight excluding hydrogens is 352 g/mol. The smallest absolute Gasteiger partial charge is 0.235 e. The minimum Gasteiger partial charge on any atom is -0.257 e. The van der Waals surface area contributed by atoms with Gasteiger partial charge in [0.25, 0.3) is 0 Å². The zero-order chi connectivity index (χ0) is 17.3. The molecule has 126 valence electrons. The van der Waals surface area contributed by atoms with Crippen LogP contribution >= 0.6 is 11.3 Å². The normalized spacial score (nSPS) is 11.8. The molecule has 0 fully saturated rings. The van der Waals surface area contributed by atoms with Gasteiger partial charge in [-0.1, -0.05) is 24.3 Å². The van der Waals surface area contributed by atoms with Crippen LogP contribution < -0.4 is 4.31 Å². The second-order valence-electron chi connectivity index (χ2n) is 5.28. The fourth-order valence-corrected chi connectivity index (χ4v) is 4.77. The molecule has 0 unspecified atom stereocenters. The molecule has 3 aromatic rings. The quantitative estimate of drug-likeness (QED) is 0.664. The van der Waals surface area contributed by atoms with Crippen LogP contribution in [0.3, 0.4) is 0 Å². The molecule has 0 spiro atoms. The van der Waals surface area contributed by atoms with Crippen LogP contribution in [0.1, 0.15) is 12.5 Å². The SMILES string of the molecule is CCS(=O)(=O)N(Cc1ccc(F)c(F)c1)c1cc2ccccc2s1. The van der Waals surface area contributed by atoms with Crippen molar-refractivity contribution >= 4 is 36.4 Å². The number of benzene rings is 2. The molecule has 3 nitrogen and oxygen atoms in total. The summed E-state index contributed by atoms with van der Waals surface area (Å²) in [5.74, 6) is -2.02. The summed E-state index contributed by atoms with van der Waals surface area (Å²) in [5, 5.41) is 1.50. The molecule has 0 saturated heterocycles. The van der Waals surface area contributed by atoms with Crippen molar-refractivity contribution < 1.29 is 17.2 Å². The fourth-order valence-electron chi connectivity index (χ4n) is 2.36. The summed E-state index contributed by atoms with van der Waals surface area (Å²) < 4.78 is 53.7. The van der Waals surface area contributed by atoms with E-state index in [2.05, 4.69) is 0 Å². The predicted molar refractivity (Wildman–Crippen MR) is 93.8 cm³/mol. The molecule has 0 aliphatic heterocycles. The van der Waals surface area contributed by atoms with E-state index < -0.39 is 21.7 Å². The van der Waals surface area contributed by atoms with Crippen LogP contribution in [-0.4, -0.2) is 14.2 Å². The molecule has 0 amide bonds. The molecule has 0 bridgehead atoms. The maximum Gasteiger partial charge on any atom is 0.235 e. The van der Waals surface area contributed by atoms with Crippen molar-refractivity contribution in [2.45, 2.75) is 13.5 Å². The highest BCUT2D eigenvalue weighted by molar-refractivity contribution is 7.92. The Kier molecular flexibility index (Phi) is 4.56. The highest BCUT2D eigenvalue weighted by atomic mass is 32.2. The Bertz CT molecular complexity index is 950. The minimum atomic E-state index is -3.55. The van der Waals surface area contributed by atoms with Crippen molar-refractivity contribution in [1.82, 2.24) is 0 Å². The van der Waals surface area contributed by atoms with Gasteiger partial charge in [-0.2, -0.15) is 0 Å². The molecular formula is C17H15F2NO2S2. The van der Waals surface area contributed by atoms with Gasteiger partial charge in [0.05, 0.1) is 12.3 Å². The van der Waals surface area contributed by atoms with Crippen LogP contribution in [-0.2, 0) is 16.6 Å². The third kappa shape index (κ3) is 3.27. The van der Waals surface area contributed by atoms with E-state index in [1.54, 1.807) is 13.0 Å². The van der Waals surface area contributed by atoms with Crippen LogP contribution in [0.2, 0.25) is 0 Å². The van der Waals surface area contributed by atoms with Gasteiger partial charge in [0.15, 0.2) is 11.6 Å². The maximum atomic E-state index is 13.4. The average Bonchev–Trinajstić information content (AvgIpc) is 2.99. The van der Waals surface area contributed by atoms with E-state index in [1.165, 1.54) is 21.7 Å². The zero-order valence-electron chi connectivity index (χ0n) is 12.9. The Hall–Kier alpha value is -1.99. The second-order valence-corrected chi connectivity index (χ2v) is 8.52. The Balaban J connectivity index is 2.04. The first-order valence-corrected chi connectivity index (χ1v) is 9.76. The lowest BCUT2D eigenvalue weighted by Crippen LogP contribution is -2.31. The lowest BCUT2D eigenvalue weighted by molar-refractivity contribution is 0.507. The Morgan fingerprint density at radius 1 is 1.04 bits per heavy atom. The third-order valence-electron chi connectivity index (χ3n) is 3.67. The van der Waals surface area contributed by atoms with Gasteiger partial charge in [0.1, 0.15) is 5.00 Å². The summed E-state index contributed by atoms with van der Waals surface area (Å²) in [6, 6.07) is 12.8. The first-order valence-electron chi connectivity index (χ1n) is 7.33. The molecule has 24 heavy (non-hydrogen) atoms. The summed E-state index contributed by atoms with van der Waals surface area (Å²) in [6.07, 6.45) is 0. The van der Waals surface area contributed by atoms with Gasteiger partial charge in [0.2, 0.25) is 10.0 Å². The molecule has 0 saturated carbocycles. The molecule has 1 aromatic heterocycles. The van der Waals surface area contributed by atoms with Crippen molar-refractivity contribution in [2.24, 2.45) is 0 Å². The molecule has 1 heterocycles. The number of sulfonamides is 1. The Morgan fingerprint density at radius 3 is 2.46 bits per heavy atom. The number of nitrogens with zero attached hydrogens (tertiary/aromatic N) is 1. The van der Waals surface area contributed by atoms with E-state index in [4.69, 9.17) is 0 Å². The lowest BCUT2D eigenvalue weighted by atomic mass is 10.2. The standard InChI is InChI=1S/C17H15F2NO2S2/c1-2-24(21,22)20(11-12-7-8-14(18)15(19)9-12)17-10-13-5-3-4-6-16(13)23-17/h3-10H,2,11H2,1H3. The fraction of sp³-hybridized carbons (Fsp3) is 0.176. The first kappa shape index (κ1) is 16.9. The van der Waals surface area contributed by atoms with E-state index in [0.29, 0.717) is 10.6 Å². The van der Waals surface area contributed by atoms with Crippen LogP contribution in [0.4, 0.5) is 13.8 Å². The van der Waals surface area contributed by atoms with Crippen LogP contribution in [0.15, 0.2) is 48.5 Å². The average molecular weight is 367 g/mol. The van der Waals surface area contributed by atoms with Crippen molar-refractivity contribution in [3.05, 3.63) is 65.7 Å². The van der Waals surface area contributed by atoms with Gasteiger partial charge >= 0.3 is 0 Å². The van der Waals surface area contributed by atoms with Gasteiger partial charge in [-0.25, -0.2) is 17.2 Å². The molecule has 0 radical (unpaired) electrons. The predicted octanol–water partition coefficient (Wildman–Crippen LogP) is 4.54. The lowest BCUT2D eigenvalue weighted by Gasteiger charge is -2.22. The van der Waals surface area contributed by atoms with Crippen molar-refractivity contribution in [3.8, 4) is 0 Å².